The second-order valence-electron chi connectivity index (χ2n) is 5.85. The molecule has 1 aromatic heterocycles. The third-order valence-electron chi connectivity index (χ3n) is 3.27. The molecule has 2 rings (SSSR count). The van der Waals surface area contributed by atoms with Gasteiger partial charge in [-0.25, -0.2) is 4.98 Å². The van der Waals surface area contributed by atoms with Crippen LogP contribution < -0.4 is 14.8 Å². The van der Waals surface area contributed by atoms with Crippen LogP contribution in [0.4, 0.5) is 0 Å². The zero-order valence-corrected chi connectivity index (χ0v) is 15.3. The first-order valence-corrected chi connectivity index (χ1v) is 8.67. The lowest BCUT2D eigenvalue weighted by molar-refractivity contribution is -0.121. The van der Waals surface area contributed by atoms with Gasteiger partial charge in [0.2, 0.25) is 11.8 Å². The second kappa shape index (κ2) is 9.89. The van der Waals surface area contributed by atoms with Gasteiger partial charge in [-0.3, -0.25) is 4.79 Å². The Morgan fingerprint density at radius 1 is 1.20 bits per heavy atom. The first-order chi connectivity index (χ1) is 12.0. The number of amides is 1. The Balaban J connectivity index is 1.62. The molecule has 1 amide bonds. The summed E-state index contributed by atoms with van der Waals surface area (Å²) in [4.78, 5) is 16.1. The third kappa shape index (κ3) is 7.44. The summed E-state index contributed by atoms with van der Waals surface area (Å²) in [6.45, 7) is 4.84. The van der Waals surface area contributed by atoms with Gasteiger partial charge in [0.15, 0.2) is 0 Å². The number of ether oxygens (including phenoxy) is 2. The lowest BCUT2D eigenvalue weighted by Gasteiger charge is -2.09. The number of hydrogen-bond acceptors (Lipinski definition) is 4. The number of rotatable bonds is 9. The van der Waals surface area contributed by atoms with Gasteiger partial charge in [0.05, 0.1) is 12.7 Å². The van der Waals surface area contributed by atoms with Crippen LogP contribution in [0.5, 0.6) is 11.6 Å². The van der Waals surface area contributed by atoms with E-state index < -0.39 is 0 Å². The van der Waals surface area contributed by atoms with Crippen LogP contribution in [0.3, 0.4) is 0 Å². The van der Waals surface area contributed by atoms with Crippen molar-refractivity contribution < 1.29 is 14.3 Å². The van der Waals surface area contributed by atoms with E-state index >= 15 is 0 Å². The monoisotopic (exact) mass is 362 g/mol. The maximum Gasteiger partial charge on any atom is 0.220 e. The van der Waals surface area contributed by atoms with E-state index in [-0.39, 0.29) is 12.0 Å². The number of hydrogen-bond donors (Lipinski definition) is 1. The molecule has 0 saturated heterocycles. The number of carbonyl (C=O) groups is 1. The van der Waals surface area contributed by atoms with Gasteiger partial charge in [0.25, 0.3) is 0 Å². The average molecular weight is 363 g/mol. The van der Waals surface area contributed by atoms with Gasteiger partial charge in [0.1, 0.15) is 5.75 Å². The smallest absolute Gasteiger partial charge is 0.220 e. The molecular formula is C19H23ClN2O3. The van der Waals surface area contributed by atoms with Crippen molar-refractivity contribution in [3.63, 3.8) is 0 Å². The molecule has 134 valence electrons. The van der Waals surface area contributed by atoms with Crippen molar-refractivity contribution in [3.8, 4) is 11.6 Å². The predicted octanol–water partition coefficient (Wildman–Crippen LogP) is 4.00. The van der Waals surface area contributed by atoms with Crippen molar-refractivity contribution in [2.45, 2.75) is 39.3 Å². The largest absolute Gasteiger partial charge is 0.494 e. The molecule has 0 spiro atoms. The minimum atomic E-state index is -0.0118. The van der Waals surface area contributed by atoms with E-state index in [2.05, 4.69) is 10.3 Å². The molecule has 0 unspecified atom stereocenters. The standard InChI is InChI=1S/C19H23ClN2O3/c1-14(2)25-19-10-5-15(13-22-19)12-21-18(23)4-3-11-24-17-8-6-16(20)7-9-17/h5-10,13-14H,3-4,11-12H2,1-2H3,(H,21,23). The molecule has 0 aliphatic heterocycles. The Kier molecular flexibility index (Phi) is 7.54. The van der Waals surface area contributed by atoms with Crippen molar-refractivity contribution in [2.24, 2.45) is 0 Å². The summed E-state index contributed by atoms with van der Waals surface area (Å²) >= 11 is 5.81. The SMILES string of the molecule is CC(C)Oc1ccc(CNC(=O)CCCOc2ccc(Cl)cc2)cn1. The van der Waals surface area contributed by atoms with Crippen molar-refractivity contribution in [1.82, 2.24) is 10.3 Å². The number of aromatic nitrogens is 1. The Morgan fingerprint density at radius 3 is 2.60 bits per heavy atom. The van der Waals surface area contributed by atoms with Crippen molar-refractivity contribution in [3.05, 3.63) is 53.2 Å². The first-order valence-electron chi connectivity index (χ1n) is 8.29. The van der Waals surface area contributed by atoms with Crippen molar-refractivity contribution in [1.29, 1.82) is 0 Å². The molecule has 1 N–H and O–H groups in total. The average Bonchev–Trinajstić information content (AvgIpc) is 2.59. The molecule has 0 fully saturated rings. The normalized spacial score (nSPS) is 10.6. The number of nitrogens with zero attached hydrogens (tertiary/aromatic N) is 1. The quantitative estimate of drug-likeness (QED) is 0.685. The van der Waals surface area contributed by atoms with E-state index in [9.17, 15) is 4.79 Å². The molecule has 6 heteroatoms. The molecule has 1 aromatic carbocycles. The molecule has 0 radical (unpaired) electrons. The maximum atomic E-state index is 11.9. The Bertz CT molecular complexity index is 657. The molecule has 2 aromatic rings. The van der Waals surface area contributed by atoms with Gasteiger partial charge in [-0.1, -0.05) is 17.7 Å². The minimum Gasteiger partial charge on any atom is -0.494 e. The highest BCUT2D eigenvalue weighted by Gasteiger charge is 2.04. The van der Waals surface area contributed by atoms with Crippen LogP contribution in [-0.4, -0.2) is 23.6 Å². The fraction of sp³-hybridized carbons (Fsp3) is 0.368. The molecule has 0 aliphatic rings. The summed E-state index contributed by atoms with van der Waals surface area (Å²) in [5, 5.41) is 3.54. The van der Waals surface area contributed by atoms with Crippen LogP contribution >= 0.6 is 11.6 Å². The van der Waals surface area contributed by atoms with E-state index in [0.717, 1.165) is 11.3 Å². The van der Waals surface area contributed by atoms with E-state index in [1.165, 1.54) is 0 Å². The summed E-state index contributed by atoms with van der Waals surface area (Å²) in [5.74, 6) is 1.33. The molecule has 0 aliphatic carbocycles. The Morgan fingerprint density at radius 2 is 1.96 bits per heavy atom. The van der Waals surface area contributed by atoms with E-state index in [4.69, 9.17) is 21.1 Å². The second-order valence-corrected chi connectivity index (χ2v) is 6.29. The molecule has 25 heavy (non-hydrogen) atoms. The molecule has 0 bridgehead atoms. The van der Waals surface area contributed by atoms with Crippen molar-refractivity contribution >= 4 is 17.5 Å². The third-order valence-corrected chi connectivity index (χ3v) is 3.53. The fourth-order valence-corrected chi connectivity index (χ4v) is 2.20. The lowest BCUT2D eigenvalue weighted by Crippen LogP contribution is -2.23. The Hall–Kier alpha value is -2.27. The summed E-state index contributed by atoms with van der Waals surface area (Å²) in [5.41, 5.74) is 0.932. The maximum absolute atomic E-state index is 11.9. The molecule has 0 saturated carbocycles. The summed E-state index contributed by atoms with van der Waals surface area (Å²) in [6.07, 6.45) is 2.86. The van der Waals surface area contributed by atoms with Gasteiger partial charge in [-0.05, 0) is 50.1 Å². The van der Waals surface area contributed by atoms with Crippen molar-refractivity contribution in [2.75, 3.05) is 6.61 Å². The van der Waals surface area contributed by atoms with Crippen LogP contribution in [0.25, 0.3) is 0 Å². The van der Waals surface area contributed by atoms with Crippen LogP contribution in [0.15, 0.2) is 42.6 Å². The predicted molar refractivity (Wildman–Crippen MR) is 98.0 cm³/mol. The summed E-state index contributed by atoms with van der Waals surface area (Å²) in [6, 6.07) is 10.9. The highest BCUT2D eigenvalue weighted by Crippen LogP contribution is 2.15. The lowest BCUT2D eigenvalue weighted by atomic mass is 10.2. The van der Waals surface area contributed by atoms with Gasteiger partial charge in [-0.2, -0.15) is 0 Å². The van der Waals surface area contributed by atoms with Gasteiger partial charge >= 0.3 is 0 Å². The fourth-order valence-electron chi connectivity index (χ4n) is 2.07. The molecule has 5 nitrogen and oxygen atoms in total. The van der Waals surface area contributed by atoms with Gasteiger partial charge in [0, 0.05) is 30.3 Å². The Labute approximate surface area is 153 Å². The van der Waals surface area contributed by atoms with E-state index in [0.29, 0.717) is 36.9 Å². The topological polar surface area (TPSA) is 60.5 Å². The number of carbonyl (C=O) groups excluding carboxylic acids is 1. The van der Waals surface area contributed by atoms with E-state index in [1.807, 2.05) is 32.0 Å². The zero-order valence-electron chi connectivity index (χ0n) is 14.5. The van der Waals surface area contributed by atoms with E-state index in [1.54, 1.807) is 24.4 Å². The van der Waals surface area contributed by atoms with Gasteiger partial charge < -0.3 is 14.8 Å². The molecule has 0 atom stereocenters. The minimum absolute atomic E-state index is 0.0118. The summed E-state index contributed by atoms with van der Waals surface area (Å²) in [7, 11) is 0. The molecule has 1 heterocycles. The highest BCUT2D eigenvalue weighted by molar-refractivity contribution is 6.30. The number of halogens is 1. The zero-order chi connectivity index (χ0) is 18.1. The van der Waals surface area contributed by atoms with Crippen LogP contribution in [0.1, 0.15) is 32.3 Å². The number of pyridine rings is 1. The van der Waals surface area contributed by atoms with Gasteiger partial charge in [-0.15, -0.1) is 0 Å². The highest BCUT2D eigenvalue weighted by atomic mass is 35.5. The molecular weight excluding hydrogens is 340 g/mol. The van der Waals surface area contributed by atoms with Crippen LogP contribution in [0, 0.1) is 0 Å². The first kappa shape index (κ1) is 19.1. The summed E-state index contributed by atoms with van der Waals surface area (Å²) < 4.78 is 11.0. The van der Waals surface area contributed by atoms with Crippen LogP contribution in [-0.2, 0) is 11.3 Å². The number of nitrogens with one attached hydrogen (secondary N) is 1. The van der Waals surface area contributed by atoms with Crippen LogP contribution in [0.2, 0.25) is 5.02 Å². The number of benzene rings is 1.